The van der Waals surface area contributed by atoms with Crippen LogP contribution in [-0.4, -0.2) is 40.2 Å². The lowest BCUT2D eigenvalue weighted by atomic mass is 9.95. The van der Waals surface area contributed by atoms with E-state index in [1.54, 1.807) is 11.3 Å². The van der Waals surface area contributed by atoms with Crippen molar-refractivity contribution in [2.45, 2.75) is 33.1 Å². The van der Waals surface area contributed by atoms with Crippen LogP contribution in [0.5, 0.6) is 5.75 Å². The summed E-state index contributed by atoms with van der Waals surface area (Å²) < 4.78 is 11.3. The average Bonchev–Trinajstić information content (AvgIpc) is 3.24. The number of benzene rings is 1. The number of fused-ring (bicyclic) bond motifs is 3. The maximum absolute atomic E-state index is 9.13. The summed E-state index contributed by atoms with van der Waals surface area (Å²) >= 11 is 1.77. The van der Waals surface area contributed by atoms with Crippen LogP contribution in [0.2, 0.25) is 0 Å². The number of aryl methyl sites for hydroxylation is 1. The zero-order valence-electron chi connectivity index (χ0n) is 17.4. The van der Waals surface area contributed by atoms with E-state index in [1.165, 1.54) is 16.0 Å². The molecular formula is C23H26N2O4S. The SMILES string of the molecule is Cc1sc(-c2nc(-c3ccc(OCC(CO)CO)cc3)no2)c2c1[C@H]1[C@@H](C2)C1(C)C. The number of rotatable bonds is 7. The molecule has 0 spiro atoms. The van der Waals surface area contributed by atoms with Crippen LogP contribution < -0.4 is 4.74 Å². The van der Waals surface area contributed by atoms with Crippen LogP contribution in [0.1, 0.15) is 35.8 Å². The summed E-state index contributed by atoms with van der Waals surface area (Å²) in [5, 5.41) is 22.5. The zero-order valence-corrected chi connectivity index (χ0v) is 18.2. The second kappa shape index (κ2) is 7.18. The maximum Gasteiger partial charge on any atom is 0.268 e. The molecule has 1 aromatic carbocycles. The molecule has 2 heterocycles. The minimum atomic E-state index is -0.281. The van der Waals surface area contributed by atoms with Gasteiger partial charge in [0.15, 0.2) is 0 Å². The summed E-state index contributed by atoms with van der Waals surface area (Å²) in [6, 6.07) is 7.44. The zero-order chi connectivity index (χ0) is 21.0. The van der Waals surface area contributed by atoms with Crippen molar-refractivity contribution in [1.82, 2.24) is 10.1 Å². The fraction of sp³-hybridized carbons (Fsp3) is 0.478. The Kier molecular flexibility index (Phi) is 4.72. The third kappa shape index (κ3) is 3.07. The minimum Gasteiger partial charge on any atom is -0.493 e. The van der Waals surface area contributed by atoms with E-state index in [0.29, 0.717) is 28.8 Å². The first-order valence-corrected chi connectivity index (χ1v) is 11.2. The molecule has 0 aliphatic heterocycles. The van der Waals surface area contributed by atoms with Crippen molar-refractivity contribution in [2.75, 3.05) is 19.8 Å². The number of ether oxygens (including phenoxy) is 1. The molecule has 2 aromatic heterocycles. The second-order valence-corrected chi connectivity index (χ2v) is 10.2. The van der Waals surface area contributed by atoms with Crippen molar-refractivity contribution in [3.05, 3.63) is 40.3 Å². The first kappa shape index (κ1) is 19.7. The molecule has 1 fully saturated rings. The molecule has 2 aliphatic carbocycles. The first-order chi connectivity index (χ1) is 14.4. The predicted octanol–water partition coefficient (Wildman–Crippen LogP) is 4.05. The van der Waals surface area contributed by atoms with Gasteiger partial charge in [-0.1, -0.05) is 19.0 Å². The van der Waals surface area contributed by atoms with Gasteiger partial charge >= 0.3 is 0 Å². The lowest BCUT2D eigenvalue weighted by molar-refractivity contribution is 0.106. The Morgan fingerprint density at radius 3 is 2.67 bits per heavy atom. The van der Waals surface area contributed by atoms with Gasteiger partial charge in [0.1, 0.15) is 5.75 Å². The highest BCUT2D eigenvalue weighted by atomic mass is 32.1. The molecule has 5 rings (SSSR count). The van der Waals surface area contributed by atoms with Crippen LogP contribution in [-0.2, 0) is 6.42 Å². The van der Waals surface area contributed by atoms with Crippen molar-refractivity contribution >= 4 is 11.3 Å². The van der Waals surface area contributed by atoms with Gasteiger partial charge in [-0.25, -0.2) is 0 Å². The molecule has 1 saturated carbocycles. The Hall–Kier alpha value is -2.22. The fourth-order valence-electron chi connectivity index (χ4n) is 4.82. The molecule has 158 valence electrons. The number of hydrogen-bond donors (Lipinski definition) is 2. The monoisotopic (exact) mass is 426 g/mol. The Bertz CT molecular complexity index is 1070. The van der Waals surface area contributed by atoms with Crippen LogP contribution in [0.15, 0.2) is 28.8 Å². The Morgan fingerprint density at radius 2 is 1.97 bits per heavy atom. The van der Waals surface area contributed by atoms with Crippen molar-refractivity contribution in [2.24, 2.45) is 17.3 Å². The summed E-state index contributed by atoms with van der Waals surface area (Å²) in [6.07, 6.45) is 1.11. The number of thiophene rings is 1. The summed E-state index contributed by atoms with van der Waals surface area (Å²) in [7, 11) is 0. The highest BCUT2D eigenvalue weighted by Gasteiger charge is 2.63. The fourth-order valence-corrected chi connectivity index (χ4v) is 5.97. The van der Waals surface area contributed by atoms with Crippen LogP contribution in [0, 0.1) is 24.2 Å². The molecule has 0 unspecified atom stereocenters. The van der Waals surface area contributed by atoms with Crippen LogP contribution in [0.3, 0.4) is 0 Å². The Balaban J connectivity index is 1.34. The van der Waals surface area contributed by atoms with Gasteiger partial charge in [-0.15, -0.1) is 11.3 Å². The van der Waals surface area contributed by atoms with Crippen molar-refractivity contribution in [3.8, 4) is 27.9 Å². The van der Waals surface area contributed by atoms with Gasteiger partial charge < -0.3 is 19.5 Å². The van der Waals surface area contributed by atoms with Gasteiger partial charge in [0.05, 0.1) is 24.7 Å². The summed E-state index contributed by atoms with van der Waals surface area (Å²) in [6.45, 7) is 7.00. The third-order valence-electron chi connectivity index (χ3n) is 6.75. The molecule has 3 aromatic rings. The van der Waals surface area contributed by atoms with E-state index in [1.807, 2.05) is 24.3 Å². The quantitative estimate of drug-likeness (QED) is 0.593. The van der Waals surface area contributed by atoms with Gasteiger partial charge in [-0.05, 0) is 66.0 Å². The van der Waals surface area contributed by atoms with Crippen LogP contribution in [0.4, 0.5) is 0 Å². The average molecular weight is 427 g/mol. The van der Waals surface area contributed by atoms with Gasteiger partial charge in [0, 0.05) is 16.4 Å². The molecule has 7 heteroatoms. The standard InChI is InChI=1S/C23H26N2O4S/c1-12-18-16(8-17-19(18)23(17,2)3)20(30-12)22-24-21(25-29-22)14-4-6-15(7-5-14)28-11-13(9-26)10-27/h4-7,13,17,19,26-27H,8-11H2,1-3H3/t17-,19-/m1/s1. The van der Waals surface area contributed by atoms with Crippen LogP contribution in [0.25, 0.3) is 22.2 Å². The molecule has 0 bridgehead atoms. The van der Waals surface area contributed by atoms with Crippen LogP contribution >= 0.6 is 11.3 Å². The Labute approximate surface area is 179 Å². The largest absolute Gasteiger partial charge is 0.493 e. The molecule has 0 saturated heterocycles. The van der Waals surface area contributed by atoms with E-state index < -0.39 is 0 Å². The second-order valence-electron chi connectivity index (χ2n) is 8.98. The highest BCUT2D eigenvalue weighted by Crippen LogP contribution is 2.72. The molecule has 0 radical (unpaired) electrons. The molecule has 6 nitrogen and oxygen atoms in total. The third-order valence-corrected chi connectivity index (χ3v) is 7.91. The van der Waals surface area contributed by atoms with Gasteiger partial charge in [0.25, 0.3) is 5.89 Å². The number of hydrogen-bond acceptors (Lipinski definition) is 7. The smallest absolute Gasteiger partial charge is 0.268 e. The van der Waals surface area contributed by atoms with E-state index in [0.717, 1.165) is 22.8 Å². The van der Waals surface area contributed by atoms with Gasteiger partial charge in [0.2, 0.25) is 5.82 Å². The van der Waals surface area contributed by atoms with Crippen molar-refractivity contribution in [1.29, 1.82) is 0 Å². The highest BCUT2D eigenvalue weighted by molar-refractivity contribution is 7.15. The molecule has 0 amide bonds. The predicted molar refractivity (Wildman–Crippen MR) is 115 cm³/mol. The molecule has 2 N–H and O–H groups in total. The number of nitrogens with zero attached hydrogens (tertiary/aromatic N) is 2. The Morgan fingerprint density at radius 1 is 1.23 bits per heavy atom. The summed E-state index contributed by atoms with van der Waals surface area (Å²) in [5.74, 6) is 2.99. The van der Waals surface area contributed by atoms with E-state index in [-0.39, 0.29) is 25.7 Å². The minimum absolute atomic E-state index is 0.106. The molecule has 2 atom stereocenters. The van der Waals surface area contributed by atoms with Crippen molar-refractivity contribution in [3.63, 3.8) is 0 Å². The first-order valence-electron chi connectivity index (χ1n) is 10.3. The van der Waals surface area contributed by atoms with E-state index in [9.17, 15) is 0 Å². The number of aliphatic hydroxyl groups excluding tert-OH is 2. The number of aromatic nitrogens is 2. The molecule has 2 aliphatic rings. The van der Waals surface area contributed by atoms with E-state index >= 15 is 0 Å². The number of aliphatic hydroxyl groups is 2. The van der Waals surface area contributed by atoms with E-state index in [4.69, 9.17) is 19.5 Å². The van der Waals surface area contributed by atoms with E-state index in [2.05, 4.69) is 30.9 Å². The lowest BCUT2D eigenvalue weighted by Gasteiger charge is -2.12. The normalized spacial score (nSPS) is 21.0. The summed E-state index contributed by atoms with van der Waals surface area (Å²) in [5.41, 5.74) is 4.21. The van der Waals surface area contributed by atoms with Crippen molar-refractivity contribution < 1.29 is 19.5 Å². The van der Waals surface area contributed by atoms with Gasteiger partial charge in [-0.3, -0.25) is 0 Å². The molecular weight excluding hydrogens is 400 g/mol. The molecule has 30 heavy (non-hydrogen) atoms. The maximum atomic E-state index is 9.13. The topological polar surface area (TPSA) is 88.6 Å². The van der Waals surface area contributed by atoms with Gasteiger partial charge in [-0.2, -0.15) is 4.98 Å². The summed E-state index contributed by atoms with van der Waals surface area (Å²) in [4.78, 5) is 7.18. The lowest BCUT2D eigenvalue weighted by Crippen LogP contribution is -2.19.